The van der Waals surface area contributed by atoms with E-state index in [9.17, 15) is 4.79 Å². The van der Waals surface area contributed by atoms with Gasteiger partial charge in [-0.15, -0.1) is 11.3 Å². The number of esters is 1. The summed E-state index contributed by atoms with van der Waals surface area (Å²) >= 11 is 1.75. The molecule has 5 nitrogen and oxygen atoms in total. The summed E-state index contributed by atoms with van der Waals surface area (Å²) in [5.74, 6) is 0.671. The molecule has 1 atom stereocenters. The second kappa shape index (κ2) is 7.34. The summed E-state index contributed by atoms with van der Waals surface area (Å²) in [5, 5.41) is 5.50. The number of hydrogen-bond acceptors (Lipinski definition) is 4. The minimum atomic E-state index is -0.429. The third kappa shape index (κ3) is 4.96. The monoisotopic (exact) mass is 337 g/mol. The summed E-state index contributed by atoms with van der Waals surface area (Å²) in [6.07, 6.45) is 0.813. The number of aliphatic imine (C=N–C) groups is 1. The Kier molecular flexibility index (Phi) is 5.68. The van der Waals surface area contributed by atoms with E-state index in [-0.39, 0.29) is 11.9 Å². The molecule has 1 N–H and O–H groups in total. The Morgan fingerprint density at radius 1 is 1.52 bits per heavy atom. The Bertz CT molecular complexity index is 575. The second-order valence-electron chi connectivity index (χ2n) is 6.89. The van der Waals surface area contributed by atoms with Crippen LogP contribution in [0.4, 0.5) is 0 Å². The smallest absolute Gasteiger partial charge is 0.311 e. The van der Waals surface area contributed by atoms with Gasteiger partial charge < -0.3 is 15.0 Å². The van der Waals surface area contributed by atoms with E-state index in [2.05, 4.69) is 33.6 Å². The zero-order valence-corrected chi connectivity index (χ0v) is 15.5. The number of carbonyl (C=O) groups is 1. The maximum Gasteiger partial charge on any atom is 0.311 e. The Morgan fingerprint density at radius 3 is 2.83 bits per heavy atom. The van der Waals surface area contributed by atoms with Crippen LogP contribution in [0.25, 0.3) is 0 Å². The van der Waals surface area contributed by atoms with E-state index in [1.54, 1.807) is 18.4 Å². The van der Waals surface area contributed by atoms with Gasteiger partial charge in [0.2, 0.25) is 0 Å². The van der Waals surface area contributed by atoms with Crippen LogP contribution in [0.2, 0.25) is 0 Å². The van der Waals surface area contributed by atoms with Crippen molar-refractivity contribution in [1.29, 1.82) is 0 Å². The van der Waals surface area contributed by atoms with Gasteiger partial charge in [-0.3, -0.25) is 9.79 Å². The van der Waals surface area contributed by atoms with Crippen molar-refractivity contribution in [3.05, 3.63) is 21.9 Å². The number of nitrogens with one attached hydrogen (secondary N) is 1. The summed E-state index contributed by atoms with van der Waals surface area (Å²) in [5.41, 5.74) is 0.868. The molecule has 1 fully saturated rings. The Hall–Kier alpha value is -1.56. The fourth-order valence-electron chi connectivity index (χ4n) is 2.61. The molecule has 6 heteroatoms. The first kappa shape index (κ1) is 17.8. The van der Waals surface area contributed by atoms with Crippen LogP contribution in [0, 0.1) is 12.8 Å². The maximum absolute atomic E-state index is 12.2. The zero-order valence-electron chi connectivity index (χ0n) is 14.7. The lowest BCUT2D eigenvalue weighted by molar-refractivity contribution is -0.159. The van der Waals surface area contributed by atoms with Gasteiger partial charge in [-0.1, -0.05) is 0 Å². The fourth-order valence-corrected chi connectivity index (χ4v) is 3.45. The highest BCUT2D eigenvalue weighted by Gasteiger charge is 2.33. The normalized spacial score (nSPS) is 19.1. The van der Waals surface area contributed by atoms with Crippen molar-refractivity contribution in [2.45, 2.75) is 46.3 Å². The van der Waals surface area contributed by atoms with Crippen LogP contribution in [0.15, 0.2) is 16.4 Å². The predicted octanol–water partition coefficient (Wildman–Crippen LogP) is 2.80. The molecule has 1 aromatic rings. The van der Waals surface area contributed by atoms with Crippen LogP contribution in [0.5, 0.6) is 0 Å². The predicted molar refractivity (Wildman–Crippen MR) is 94.8 cm³/mol. The van der Waals surface area contributed by atoms with E-state index in [1.807, 2.05) is 20.8 Å². The molecule has 1 unspecified atom stereocenters. The van der Waals surface area contributed by atoms with Crippen molar-refractivity contribution in [1.82, 2.24) is 10.2 Å². The SMILES string of the molecule is CN=C(NCc1sccc1C)N1CCC(C(=O)OC(C)(C)C)C1. The van der Waals surface area contributed by atoms with Gasteiger partial charge in [0.25, 0.3) is 0 Å². The number of nitrogens with zero attached hydrogens (tertiary/aromatic N) is 2. The van der Waals surface area contributed by atoms with Gasteiger partial charge in [0.05, 0.1) is 12.5 Å². The molecule has 1 aliphatic heterocycles. The lowest BCUT2D eigenvalue weighted by atomic mass is 10.1. The minimum Gasteiger partial charge on any atom is -0.460 e. The number of ether oxygens (including phenoxy) is 1. The summed E-state index contributed by atoms with van der Waals surface area (Å²) in [6.45, 7) is 10.1. The van der Waals surface area contributed by atoms with Crippen LogP contribution < -0.4 is 5.32 Å². The number of rotatable bonds is 3. The van der Waals surface area contributed by atoms with Crippen LogP contribution >= 0.6 is 11.3 Å². The maximum atomic E-state index is 12.2. The summed E-state index contributed by atoms with van der Waals surface area (Å²) in [4.78, 5) is 20.0. The molecule has 0 radical (unpaired) electrons. The van der Waals surface area contributed by atoms with Crippen molar-refractivity contribution in [3.63, 3.8) is 0 Å². The average Bonchev–Trinajstić information content (AvgIpc) is 3.08. The third-order valence-corrected chi connectivity index (χ3v) is 4.84. The van der Waals surface area contributed by atoms with Gasteiger partial charge >= 0.3 is 5.97 Å². The van der Waals surface area contributed by atoms with Gasteiger partial charge in [0, 0.05) is 25.0 Å². The van der Waals surface area contributed by atoms with Crippen molar-refractivity contribution >= 4 is 23.3 Å². The van der Waals surface area contributed by atoms with Gasteiger partial charge in [0.1, 0.15) is 5.60 Å². The minimum absolute atomic E-state index is 0.0729. The number of guanidine groups is 1. The molecular weight excluding hydrogens is 310 g/mol. The molecule has 2 heterocycles. The molecule has 0 spiro atoms. The van der Waals surface area contributed by atoms with Gasteiger partial charge in [0.15, 0.2) is 5.96 Å². The van der Waals surface area contributed by atoms with Crippen molar-refractivity contribution in [2.75, 3.05) is 20.1 Å². The molecule has 128 valence electrons. The summed E-state index contributed by atoms with van der Waals surface area (Å²) in [7, 11) is 1.78. The molecule has 0 aromatic carbocycles. The Morgan fingerprint density at radius 2 is 2.26 bits per heavy atom. The molecule has 0 aliphatic carbocycles. The fraction of sp³-hybridized carbons (Fsp3) is 0.647. The molecular formula is C17H27N3O2S. The molecule has 1 saturated heterocycles. The quantitative estimate of drug-likeness (QED) is 0.523. The highest BCUT2D eigenvalue weighted by atomic mass is 32.1. The molecule has 0 saturated carbocycles. The summed E-state index contributed by atoms with van der Waals surface area (Å²) < 4.78 is 5.49. The highest BCUT2D eigenvalue weighted by molar-refractivity contribution is 7.10. The van der Waals surface area contributed by atoms with E-state index < -0.39 is 5.60 Å². The molecule has 0 bridgehead atoms. The molecule has 1 aliphatic rings. The largest absolute Gasteiger partial charge is 0.460 e. The first-order valence-corrected chi connectivity index (χ1v) is 8.89. The van der Waals surface area contributed by atoms with Crippen molar-refractivity contribution < 1.29 is 9.53 Å². The third-order valence-electron chi connectivity index (χ3n) is 3.81. The molecule has 1 aromatic heterocycles. The van der Waals surface area contributed by atoms with Crippen molar-refractivity contribution in [3.8, 4) is 0 Å². The first-order valence-electron chi connectivity index (χ1n) is 8.01. The van der Waals surface area contributed by atoms with Gasteiger partial charge in [-0.25, -0.2) is 0 Å². The first-order chi connectivity index (χ1) is 10.8. The topological polar surface area (TPSA) is 53.9 Å². The average molecular weight is 337 g/mol. The van der Waals surface area contributed by atoms with Crippen molar-refractivity contribution in [2.24, 2.45) is 10.9 Å². The number of thiophene rings is 1. The van der Waals surface area contributed by atoms with E-state index in [0.29, 0.717) is 6.54 Å². The van der Waals surface area contributed by atoms with Crippen LogP contribution in [0.3, 0.4) is 0 Å². The Balaban J connectivity index is 1.89. The molecule has 2 rings (SSSR count). The number of aryl methyl sites for hydroxylation is 1. The second-order valence-corrected chi connectivity index (χ2v) is 7.89. The van der Waals surface area contributed by atoms with E-state index in [0.717, 1.165) is 25.5 Å². The summed E-state index contributed by atoms with van der Waals surface area (Å²) in [6, 6.07) is 2.12. The lowest BCUT2D eigenvalue weighted by Crippen LogP contribution is -2.40. The van der Waals surface area contributed by atoms with E-state index >= 15 is 0 Å². The number of carbonyl (C=O) groups excluding carboxylic acids is 1. The molecule has 0 amide bonds. The Labute approximate surface area is 142 Å². The van der Waals surface area contributed by atoms with Crippen LogP contribution in [0.1, 0.15) is 37.6 Å². The van der Waals surface area contributed by atoms with Gasteiger partial charge in [-0.2, -0.15) is 0 Å². The number of hydrogen-bond donors (Lipinski definition) is 1. The van der Waals surface area contributed by atoms with Crippen LogP contribution in [-0.2, 0) is 16.1 Å². The van der Waals surface area contributed by atoms with Crippen LogP contribution in [-0.4, -0.2) is 42.6 Å². The lowest BCUT2D eigenvalue weighted by Gasteiger charge is -2.23. The van der Waals surface area contributed by atoms with Gasteiger partial charge in [-0.05, 0) is 51.1 Å². The van der Waals surface area contributed by atoms with E-state index in [4.69, 9.17) is 4.74 Å². The number of likely N-dealkylation sites (tertiary alicyclic amines) is 1. The highest BCUT2D eigenvalue weighted by Crippen LogP contribution is 2.21. The zero-order chi connectivity index (χ0) is 17.0. The molecule has 23 heavy (non-hydrogen) atoms. The van der Waals surface area contributed by atoms with E-state index in [1.165, 1.54) is 10.4 Å². The standard InChI is InChI=1S/C17H27N3O2S/c1-12-7-9-23-14(12)10-19-16(18-5)20-8-6-13(11-20)15(21)22-17(2,3)4/h7,9,13H,6,8,10-11H2,1-5H3,(H,18,19).